The van der Waals surface area contributed by atoms with Gasteiger partial charge in [0.15, 0.2) is 0 Å². The number of anilines is 1. The third-order valence-electron chi connectivity index (χ3n) is 5.22. The van der Waals surface area contributed by atoms with E-state index in [9.17, 15) is 10.1 Å². The summed E-state index contributed by atoms with van der Waals surface area (Å²) in [6.45, 7) is 1.40. The number of fused-ring (bicyclic) bond motifs is 1. The first-order chi connectivity index (χ1) is 12.3. The minimum atomic E-state index is -0.0896. The number of hydrogen-bond donors (Lipinski definition) is 0. The highest BCUT2D eigenvalue weighted by Gasteiger charge is 2.29. The van der Waals surface area contributed by atoms with Gasteiger partial charge in [-0.2, -0.15) is 10.4 Å². The molecule has 4 rings (SSSR count). The van der Waals surface area contributed by atoms with Crippen molar-refractivity contribution in [2.75, 3.05) is 11.4 Å². The summed E-state index contributed by atoms with van der Waals surface area (Å²) in [6.07, 6.45) is 8.00. The third kappa shape index (κ3) is 3.02. The molecule has 0 amide bonds. The van der Waals surface area contributed by atoms with Gasteiger partial charge in [0.05, 0.1) is 18.2 Å². The van der Waals surface area contributed by atoms with Gasteiger partial charge in [-0.1, -0.05) is 0 Å². The smallest absolute Gasteiger partial charge is 0.266 e. The van der Waals surface area contributed by atoms with Crippen LogP contribution in [-0.2, 0) is 19.4 Å². The normalized spacial score (nSPS) is 19.5. The van der Waals surface area contributed by atoms with Crippen LogP contribution in [0, 0.1) is 11.3 Å². The summed E-state index contributed by atoms with van der Waals surface area (Å²) >= 11 is 0. The van der Waals surface area contributed by atoms with Gasteiger partial charge >= 0.3 is 0 Å². The Hall–Kier alpha value is -2.68. The quantitative estimate of drug-likeness (QED) is 0.858. The molecular weight excluding hydrogens is 314 g/mol. The van der Waals surface area contributed by atoms with Crippen molar-refractivity contribution in [3.63, 3.8) is 0 Å². The second-order valence-electron chi connectivity index (χ2n) is 6.82. The molecule has 25 heavy (non-hydrogen) atoms. The predicted molar refractivity (Wildman–Crippen MR) is 94.5 cm³/mol. The zero-order valence-electron chi connectivity index (χ0n) is 14.2. The summed E-state index contributed by atoms with van der Waals surface area (Å²) in [4.78, 5) is 19.1. The van der Waals surface area contributed by atoms with Crippen LogP contribution in [0.3, 0.4) is 0 Å². The maximum absolute atomic E-state index is 12.0. The van der Waals surface area contributed by atoms with E-state index in [0.29, 0.717) is 12.1 Å². The largest absolute Gasteiger partial charge is 0.351 e. The van der Waals surface area contributed by atoms with Gasteiger partial charge in [0, 0.05) is 24.5 Å². The molecule has 0 radical (unpaired) electrons. The van der Waals surface area contributed by atoms with Crippen LogP contribution >= 0.6 is 0 Å². The Bertz CT molecular complexity index is 882. The molecule has 128 valence electrons. The maximum Gasteiger partial charge on any atom is 0.266 e. The fourth-order valence-corrected chi connectivity index (χ4v) is 3.95. The molecule has 2 aliphatic rings. The first kappa shape index (κ1) is 15.8. The van der Waals surface area contributed by atoms with Gasteiger partial charge in [0.2, 0.25) is 0 Å². The van der Waals surface area contributed by atoms with Gasteiger partial charge < -0.3 is 4.90 Å². The zero-order chi connectivity index (χ0) is 17.2. The Kier molecular flexibility index (Phi) is 4.22. The number of pyridine rings is 1. The lowest BCUT2D eigenvalue weighted by Gasteiger charge is -2.28. The van der Waals surface area contributed by atoms with Crippen LogP contribution < -0.4 is 10.5 Å². The molecule has 1 atom stereocenters. The highest BCUT2D eigenvalue weighted by molar-refractivity contribution is 5.57. The van der Waals surface area contributed by atoms with Gasteiger partial charge in [-0.15, -0.1) is 0 Å². The van der Waals surface area contributed by atoms with Crippen LogP contribution in [0.4, 0.5) is 5.82 Å². The number of hydrogen-bond acceptors (Lipinski definition) is 5. The van der Waals surface area contributed by atoms with E-state index in [-0.39, 0.29) is 11.6 Å². The Labute approximate surface area is 146 Å². The fraction of sp³-hybridized carbons (Fsp3) is 0.474. The zero-order valence-corrected chi connectivity index (χ0v) is 14.2. The van der Waals surface area contributed by atoms with Crippen molar-refractivity contribution in [2.24, 2.45) is 0 Å². The molecule has 0 bridgehead atoms. The molecule has 1 fully saturated rings. The molecule has 1 saturated heterocycles. The fourth-order valence-electron chi connectivity index (χ4n) is 3.95. The maximum atomic E-state index is 12.0. The average Bonchev–Trinajstić information content (AvgIpc) is 3.10. The monoisotopic (exact) mass is 335 g/mol. The predicted octanol–water partition coefficient (Wildman–Crippen LogP) is 2.06. The molecule has 3 heterocycles. The minimum absolute atomic E-state index is 0.0896. The Morgan fingerprint density at radius 3 is 3.00 bits per heavy atom. The van der Waals surface area contributed by atoms with Crippen molar-refractivity contribution in [3.8, 4) is 6.07 Å². The molecule has 1 aliphatic heterocycles. The number of aryl methyl sites for hydroxylation is 2. The van der Waals surface area contributed by atoms with Gasteiger partial charge in [0.1, 0.15) is 11.9 Å². The lowest BCUT2D eigenvalue weighted by atomic mass is 9.95. The highest BCUT2D eigenvalue weighted by atomic mass is 16.1. The summed E-state index contributed by atoms with van der Waals surface area (Å²) in [6, 6.07) is 7.69. The van der Waals surface area contributed by atoms with Crippen LogP contribution in [0.15, 0.2) is 29.2 Å². The van der Waals surface area contributed by atoms with Gasteiger partial charge in [-0.05, 0) is 56.2 Å². The molecular formula is C19H21N5O. The van der Waals surface area contributed by atoms with Gasteiger partial charge in [-0.25, -0.2) is 9.67 Å². The number of nitrogens with zero attached hydrogens (tertiary/aromatic N) is 5. The van der Waals surface area contributed by atoms with Crippen LogP contribution in [0.25, 0.3) is 0 Å². The van der Waals surface area contributed by atoms with E-state index in [1.807, 2.05) is 6.07 Å². The summed E-state index contributed by atoms with van der Waals surface area (Å²) in [7, 11) is 0. The number of nitriles is 1. The van der Waals surface area contributed by atoms with E-state index >= 15 is 0 Å². The Morgan fingerprint density at radius 1 is 1.28 bits per heavy atom. The average molecular weight is 335 g/mol. The lowest BCUT2D eigenvalue weighted by Crippen LogP contribution is -2.38. The second kappa shape index (κ2) is 6.67. The molecule has 2 aromatic rings. The van der Waals surface area contributed by atoms with Gasteiger partial charge in [-0.3, -0.25) is 4.79 Å². The van der Waals surface area contributed by atoms with E-state index in [1.54, 1.807) is 12.3 Å². The van der Waals surface area contributed by atoms with Gasteiger partial charge in [0.25, 0.3) is 5.56 Å². The van der Waals surface area contributed by atoms with Crippen molar-refractivity contribution < 1.29 is 0 Å². The standard InChI is InChI=1S/C19H21N5O/c20-12-15-11-14-5-1-2-7-17(14)22-19(15)23-10-4-6-16(23)13-24-18(25)8-3-9-21-24/h3,8-9,11,16H,1-2,4-7,10,13H2. The minimum Gasteiger partial charge on any atom is -0.351 e. The first-order valence-electron chi connectivity index (χ1n) is 8.98. The van der Waals surface area contributed by atoms with E-state index in [0.717, 1.165) is 50.2 Å². The van der Waals surface area contributed by atoms with Crippen molar-refractivity contribution in [3.05, 3.63) is 51.6 Å². The number of aromatic nitrogens is 3. The SMILES string of the molecule is N#Cc1cc2c(nc1N1CCCC1Cn1ncccc1=O)CCCC2. The lowest BCUT2D eigenvalue weighted by molar-refractivity contribution is 0.486. The Balaban J connectivity index is 1.67. The van der Waals surface area contributed by atoms with E-state index in [1.165, 1.54) is 22.7 Å². The summed E-state index contributed by atoms with van der Waals surface area (Å²) < 4.78 is 1.51. The number of rotatable bonds is 3. The van der Waals surface area contributed by atoms with Crippen molar-refractivity contribution in [2.45, 2.75) is 51.1 Å². The molecule has 1 aliphatic carbocycles. The highest BCUT2D eigenvalue weighted by Crippen LogP contribution is 2.31. The molecule has 0 spiro atoms. The summed E-state index contributed by atoms with van der Waals surface area (Å²) in [5, 5.41) is 13.8. The molecule has 2 aromatic heterocycles. The van der Waals surface area contributed by atoms with Crippen LogP contribution in [0.1, 0.15) is 42.5 Å². The molecule has 0 N–H and O–H groups in total. The molecule has 6 heteroatoms. The van der Waals surface area contributed by atoms with Crippen LogP contribution in [0.5, 0.6) is 0 Å². The molecule has 6 nitrogen and oxygen atoms in total. The first-order valence-corrected chi connectivity index (χ1v) is 8.98. The van der Waals surface area contributed by atoms with Crippen LogP contribution in [0.2, 0.25) is 0 Å². The van der Waals surface area contributed by atoms with E-state index in [4.69, 9.17) is 4.98 Å². The molecule has 0 aromatic carbocycles. The molecule has 0 saturated carbocycles. The van der Waals surface area contributed by atoms with Crippen LogP contribution in [-0.4, -0.2) is 27.4 Å². The second-order valence-corrected chi connectivity index (χ2v) is 6.82. The third-order valence-corrected chi connectivity index (χ3v) is 5.22. The van der Waals surface area contributed by atoms with Crippen molar-refractivity contribution in [1.82, 2.24) is 14.8 Å². The van der Waals surface area contributed by atoms with E-state index < -0.39 is 0 Å². The van der Waals surface area contributed by atoms with E-state index in [2.05, 4.69) is 16.1 Å². The topological polar surface area (TPSA) is 74.8 Å². The van der Waals surface area contributed by atoms with Crippen molar-refractivity contribution in [1.29, 1.82) is 5.26 Å². The summed E-state index contributed by atoms with van der Waals surface area (Å²) in [5.74, 6) is 0.787. The van der Waals surface area contributed by atoms with Crippen molar-refractivity contribution >= 4 is 5.82 Å². The molecule has 1 unspecified atom stereocenters. The Morgan fingerprint density at radius 2 is 2.16 bits per heavy atom. The summed E-state index contributed by atoms with van der Waals surface area (Å²) in [5.41, 5.74) is 2.93.